The van der Waals surface area contributed by atoms with Crippen LogP contribution in [-0.4, -0.2) is 23.6 Å². The topological polar surface area (TPSA) is 122 Å². The lowest BCUT2D eigenvalue weighted by molar-refractivity contribution is -0.136. The summed E-state index contributed by atoms with van der Waals surface area (Å²) in [4.78, 5) is 48.4. The van der Waals surface area contributed by atoms with Gasteiger partial charge in [0, 0.05) is 30.9 Å². The number of rotatable bonds is 3. The lowest BCUT2D eigenvalue weighted by Gasteiger charge is -2.19. The van der Waals surface area contributed by atoms with E-state index in [0.717, 1.165) is 4.90 Å². The highest BCUT2D eigenvalue weighted by Crippen LogP contribution is 2.19. The summed E-state index contributed by atoms with van der Waals surface area (Å²) in [5, 5.41) is 4.98. The van der Waals surface area contributed by atoms with Crippen molar-refractivity contribution in [2.75, 3.05) is 21.3 Å². The van der Waals surface area contributed by atoms with Gasteiger partial charge in [0.1, 0.15) is 0 Å². The summed E-state index contributed by atoms with van der Waals surface area (Å²) >= 11 is 0. The molecule has 0 fully saturated rings. The first-order valence-corrected chi connectivity index (χ1v) is 7.67. The van der Waals surface area contributed by atoms with E-state index in [4.69, 9.17) is 5.73 Å². The van der Waals surface area contributed by atoms with Crippen molar-refractivity contribution in [3.05, 3.63) is 48.5 Å². The van der Waals surface area contributed by atoms with Crippen LogP contribution >= 0.6 is 0 Å². The Morgan fingerprint density at radius 1 is 0.885 bits per heavy atom. The van der Waals surface area contributed by atoms with Crippen LogP contribution in [0.1, 0.15) is 13.8 Å². The third kappa shape index (κ3) is 4.67. The van der Waals surface area contributed by atoms with Crippen LogP contribution < -0.4 is 21.3 Å². The molecule has 2 rings (SSSR count). The Hall–Kier alpha value is -3.68. The highest BCUT2D eigenvalue weighted by Gasteiger charge is 2.27. The van der Waals surface area contributed by atoms with Crippen molar-refractivity contribution in [2.24, 2.45) is 0 Å². The molecule has 0 aromatic heterocycles. The van der Waals surface area contributed by atoms with Crippen LogP contribution in [0.3, 0.4) is 0 Å². The number of nitrogens with two attached hydrogens (primary N) is 1. The van der Waals surface area contributed by atoms with Gasteiger partial charge in [0.15, 0.2) is 0 Å². The quantitative estimate of drug-likeness (QED) is 0.572. The number of nitrogen functional groups attached to an aromatic ring is 1. The van der Waals surface area contributed by atoms with Gasteiger partial charge in [-0.2, -0.15) is 0 Å². The lowest BCUT2D eigenvalue weighted by atomic mass is 10.2. The Labute approximate surface area is 150 Å². The van der Waals surface area contributed by atoms with Crippen LogP contribution in [-0.2, 0) is 19.2 Å². The van der Waals surface area contributed by atoms with E-state index in [1.165, 1.54) is 32.0 Å². The second kappa shape index (κ2) is 7.93. The second-order valence-corrected chi connectivity index (χ2v) is 5.47. The molecule has 0 atom stereocenters. The molecule has 0 aliphatic heterocycles. The molecule has 2 aromatic rings. The van der Waals surface area contributed by atoms with Gasteiger partial charge in [-0.1, -0.05) is 12.1 Å². The molecule has 8 nitrogen and oxygen atoms in total. The molecule has 134 valence electrons. The highest BCUT2D eigenvalue weighted by molar-refractivity contribution is 6.48. The SMILES string of the molecule is CC(=O)Nc1cccc(NC(=O)C(=O)N(C(C)=O)c2cccc(N)c2)c1. The number of benzene rings is 2. The number of carbonyl (C=O) groups is 4. The van der Waals surface area contributed by atoms with Gasteiger partial charge in [-0.05, 0) is 36.4 Å². The minimum Gasteiger partial charge on any atom is -0.399 e. The van der Waals surface area contributed by atoms with E-state index in [1.807, 2.05) is 0 Å². The summed E-state index contributed by atoms with van der Waals surface area (Å²) < 4.78 is 0. The zero-order chi connectivity index (χ0) is 19.3. The highest BCUT2D eigenvalue weighted by atomic mass is 16.2. The second-order valence-electron chi connectivity index (χ2n) is 5.47. The van der Waals surface area contributed by atoms with Crippen molar-refractivity contribution in [2.45, 2.75) is 13.8 Å². The molecule has 0 saturated carbocycles. The predicted octanol–water partition coefficient (Wildman–Crippen LogP) is 1.75. The molecule has 0 spiro atoms. The number of anilines is 4. The smallest absolute Gasteiger partial charge is 0.323 e. The van der Waals surface area contributed by atoms with Crippen LogP contribution in [0.25, 0.3) is 0 Å². The first-order valence-electron chi connectivity index (χ1n) is 7.67. The number of nitrogens with zero attached hydrogens (tertiary/aromatic N) is 1. The van der Waals surface area contributed by atoms with Gasteiger partial charge in [0.25, 0.3) is 0 Å². The summed E-state index contributed by atoms with van der Waals surface area (Å²) in [5.41, 5.74) is 6.98. The Morgan fingerprint density at radius 3 is 2.08 bits per heavy atom. The largest absolute Gasteiger partial charge is 0.399 e. The molecule has 0 aliphatic rings. The molecule has 4 N–H and O–H groups in total. The van der Waals surface area contributed by atoms with E-state index >= 15 is 0 Å². The summed E-state index contributed by atoms with van der Waals surface area (Å²) in [5.74, 6) is -2.94. The van der Waals surface area contributed by atoms with Crippen molar-refractivity contribution in [3.8, 4) is 0 Å². The maximum atomic E-state index is 12.4. The first-order chi connectivity index (χ1) is 12.3. The molecule has 4 amide bonds. The zero-order valence-corrected chi connectivity index (χ0v) is 14.3. The molecule has 2 aromatic carbocycles. The lowest BCUT2D eigenvalue weighted by Crippen LogP contribution is -2.42. The number of amides is 4. The first kappa shape index (κ1) is 18.7. The third-order valence-corrected chi connectivity index (χ3v) is 3.28. The van der Waals surface area contributed by atoms with Gasteiger partial charge in [0.2, 0.25) is 11.8 Å². The van der Waals surface area contributed by atoms with Gasteiger partial charge < -0.3 is 16.4 Å². The minimum absolute atomic E-state index is 0.199. The van der Waals surface area contributed by atoms with Gasteiger partial charge in [0.05, 0.1) is 5.69 Å². The summed E-state index contributed by atoms with van der Waals surface area (Å²) in [6.07, 6.45) is 0. The van der Waals surface area contributed by atoms with Crippen LogP contribution in [0.5, 0.6) is 0 Å². The molecule has 0 radical (unpaired) electrons. The van der Waals surface area contributed by atoms with E-state index < -0.39 is 17.7 Å². The summed E-state index contributed by atoms with van der Waals surface area (Å²) in [7, 11) is 0. The van der Waals surface area contributed by atoms with Crippen LogP contribution in [0.15, 0.2) is 48.5 Å². The minimum atomic E-state index is -1.05. The Kier molecular flexibility index (Phi) is 5.69. The monoisotopic (exact) mass is 354 g/mol. The van der Waals surface area contributed by atoms with Crippen LogP contribution in [0.2, 0.25) is 0 Å². The third-order valence-electron chi connectivity index (χ3n) is 3.28. The summed E-state index contributed by atoms with van der Waals surface area (Å²) in [6.45, 7) is 2.52. The molecular weight excluding hydrogens is 336 g/mol. The Bertz CT molecular complexity index is 879. The maximum Gasteiger partial charge on any atom is 0.323 e. The van der Waals surface area contributed by atoms with Crippen molar-refractivity contribution < 1.29 is 19.2 Å². The van der Waals surface area contributed by atoms with E-state index in [2.05, 4.69) is 10.6 Å². The average molecular weight is 354 g/mol. The number of hydrogen-bond acceptors (Lipinski definition) is 5. The van der Waals surface area contributed by atoms with Gasteiger partial charge >= 0.3 is 11.8 Å². The number of carbonyl (C=O) groups excluding carboxylic acids is 4. The fourth-order valence-electron chi connectivity index (χ4n) is 2.27. The van der Waals surface area contributed by atoms with Gasteiger partial charge in [-0.15, -0.1) is 0 Å². The van der Waals surface area contributed by atoms with Gasteiger partial charge in [-0.3, -0.25) is 19.2 Å². The average Bonchev–Trinajstić information content (AvgIpc) is 2.54. The number of imide groups is 1. The van der Waals surface area contributed by atoms with E-state index in [-0.39, 0.29) is 11.6 Å². The molecule has 0 aliphatic carbocycles. The maximum absolute atomic E-state index is 12.4. The number of nitrogens with one attached hydrogen (secondary N) is 2. The van der Waals surface area contributed by atoms with Crippen LogP contribution in [0.4, 0.5) is 22.7 Å². The van der Waals surface area contributed by atoms with E-state index in [0.29, 0.717) is 17.1 Å². The molecule has 0 saturated heterocycles. The van der Waals surface area contributed by atoms with Crippen molar-refractivity contribution in [1.82, 2.24) is 0 Å². The standard InChI is InChI=1S/C18H18N4O4/c1-11(23)20-14-6-4-7-15(10-14)21-17(25)18(26)22(12(2)24)16-8-3-5-13(19)9-16/h3-10H,19H2,1-2H3,(H,20,23)(H,21,25). The van der Waals surface area contributed by atoms with E-state index in [1.54, 1.807) is 30.3 Å². The Balaban J connectivity index is 2.21. The van der Waals surface area contributed by atoms with Crippen molar-refractivity contribution in [3.63, 3.8) is 0 Å². The molecule has 8 heteroatoms. The Morgan fingerprint density at radius 2 is 1.50 bits per heavy atom. The number of hydrogen-bond donors (Lipinski definition) is 3. The molecule has 0 bridgehead atoms. The predicted molar refractivity (Wildman–Crippen MR) is 98.4 cm³/mol. The van der Waals surface area contributed by atoms with Crippen molar-refractivity contribution in [1.29, 1.82) is 0 Å². The molecular formula is C18H18N4O4. The van der Waals surface area contributed by atoms with Gasteiger partial charge in [-0.25, -0.2) is 4.90 Å². The summed E-state index contributed by atoms with van der Waals surface area (Å²) in [6, 6.07) is 12.4. The molecule has 0 heterocycles. The normalized spacial score (nSPS) is 9.92. The molecule has 26 heavy (non-hydrogen) atoms. The molecule has 0 unspecified atom stereocenters. The fourth-order valence-corrected chi connectivity index (χ4v) is 2.27. The zero-order valence-electron chi connectivity index (χ0n) is 14.3. The fraction of sp³-hybridized carbons (Fsp3) is 0.111. The van der Waals surface area contributed by atoms with E-state index in [9.17, 15) is 19.2 Å². The van der Waals surface area contributed by atoms with Crippen LogP contribution in [0, 0.1) is 0 Å². The van der Waals surface area contributed by atoms with Crippen molar-refractivity contribution >= 4 is 46.4 Å².